The summed E-state index contributed by atoms with van der Waals surface area (Å²) in [5, 5.41) is 14.4. The quantitative estimate of drug-likeness (QED) is 0.938. The van der Waals surface area contributed by atoms with E-state index in [2.05, 4.69) is 11.4 Å². The molecule has 3 rings (SSSR count). The lowest BCUT2D eigenvalue weighted by Gasteiger charge is -2.21. The van der Waals surface area contributed by atoms with E-state index in [4.69, 9.17) is 4.74 Å². The number of carbonyl (C=O) groups is 1. The smallest absolute Gasteiger partial charge is 0.225 e. The number of nitrogens with one attached hydrogen (secondary N) is 1. The zero-order valence-electron chi connectivity index (χ0n) is 13.0. The van der Waals surface area contributed by atoms with Crippen molar-refractivity contribution >= 4 is 28.4 Å². The maximum atomic E-state index is 12.4. The zero-order valence-corrected chi connectivity index (χ0v) is 13.8. The van der Waals surface area contributed by atoms with Gasteiger partial charge in [0.1, 0.15) is 11.3 Å². The van der Waals surface area contributed by atoms with Crippen LogP contribution in [0, 0.1) is 11.3 Å². The van der Waals surface area contributed by atoms with Gasteiger partial charge in [-0.1, -0.05) is 24.3 Å². The van der Waals surface area contributed by atoms with Crippen LogP contribution in [-0.4, -0.2) is 30.1 Å². The van der Waals surface area contributed by atoms with E-state index in [1.807, 2.05) is 36.4 Å². The molecule has 1 amide bonds. The van der Waals surface area contributed by atoms with Crippen molar-refractivity contribution in [1.82, 2.24) is 5.32 Å². The van der Waals surface area contributed by atoms with Gasteiger partial charge >= 0.3 is 0 Å². The highest BCUT2D eigenvalue weighted by Crippen LogP contribution is 2.28. The van der Waals surface area contributed by atoms with Crippen LogP contribution in [0.25, 0.3) is 10.8 Å². The average molecular weight is 326 g/mol. The third-order valence-electron chi connectivity index (χ3n) is 4.14. The molecule has 2 aromatic carbocycles. The molecule has 2 aromatic rings. The van der Waals surface area contributed by atoms with Crippen LogP contribution in [0.15, 0.2) is 36.4 Å². The zero-order chi connectivity index (χ0) is 16.3. The van der Waals surface area contributed by atoms with E-state index >= 15 is 0 Å². The highest BCUT2D eigenvalue weighted by atomic mass is 32.2. The van der Waals surface area contributed by atoms with Crippen LogP contribution in [0.5, 0.6) is 5.75 Å². The van der Waals surface area contributed by atoms with Crippen LogP contribution in [0.3, 0.4) is 0 Å². The molecule has 0 spiro atoms. The van der Waals surface area contributed by atoms with Gasteiger partial charge in [0, 0.05) is 5.75 Å². The number of nitrogens with zero attached hydrogens (tertiary/aromatic N) is 1. The Labute approximate surface area is 139 Å². The summed E-state index contributed by atoms with van der Waals surface area (Å²) in [5.74, 6) is 2.24. The van der Waals surface area contributed by atoms with Gasteiger partial charge in [-0.3, -0.25) is 4.79 Å². The molecule has 1 aliphatic heterocycles. The number of fused-ring (bicyclic) bond motifs is 1. The van der Waals surface area contributed by atoms with E-state index in [-0.39, 0.29) is 12.3 Å². The lowest BCUT2D eigenvalue weighted by atomic mass is 9.98. The highest BCUT2D eigenvalue weighted by molar-refractivity contribution is 7.99. The molecule has 1 heterocycles. The molecule has 1 N–H and O–H groups in total. The van der Waals surface area contributed by atoms with Gasteiger partial charge in [0.15, 0.2) is 0 Å². The number of methoxy groups -OCH3 is 1. The average Bonchev–Trinajstić information content (AvgIpc) is 3.03. The first kappa shape index (κ1) is 15.7. The number of amides is 1. The molecule has 5 heteroatoms. The first-order valence-corrected chi connectivity index (χ1v) is 8.67. The highest BCUT2D eigenvalue weighted by Gasteiger charge is 2.35. The summed E-state index contributed by atoms with van der Waals surface area (Å²) >= 11 is 1.71. The Kier molecular flexibility index (Phi) is 4.44. The number of nitriles is 1. The Morgan fingerprint density at radius 2 is 2.30 bits per heavy atom. The van der Waals surface area contributed by atoms with Gasteiger partial charge in [-0.2, -0.15) is 17.0 Å². The first-order chi connectivity index (χ1) is 11.2. The van der Waals surface area contributed by atoms with Gasteiger partial charge in [-0.25, -0.2) is 0 Å². The molecule has 118 valence electrons. The van der Waals surface area contributed by atoms with Crippen molar-refractivity contribution in [3.63, 3.8) is 0 Å². The second-order valence-electron chi connectivity index (χ2n) is 5.73. The third kappa shape index (κ3) is 3.27. The van der Waals surface area contributed by atoms with Crippen molar-refractivity contribution < 1.29 is 9.53 Å². The summed E-state index contributed by atoms with van der Waals surface area (Å²) in [5.41, 5.74) is 0.238. The van der Waals surface area contributed by atoms with Gasteiger partial charge < -0.3 is 10.1 Å². The molecular weight excluding hydrogens is 308 g/mol. The molecule has 1 atom stereocenters. The summed E-state index contributed by atoms with van der Waals surface area (Å²) in [7, 11) is 1.63. The maximum absolute atomic E-state index is 12.4. The fraction of sp³-hybridized carbons (Fsp3) is 0.333. The van der Waals surface area contributed by atoms with Crippen LogP contribution in [-0.2, 0) is 11.2 Å². The number of hydrogen-bond acceptors (Lipinski definition) is 4. The van der Waals surface area contributed by atoms with Crippen LogP contribution >= 0.6 is 11.8 Å². The van der Waals surface area contributed by atoms with E-state index < -0.39 is 5.54 Å². The van der Waals surface area contributed by atoms with Crippen LogP contribution in [0.2, 0.25) is 0 Å². The fourth-order valence-corrected chi connectivity index (χ4v) is 4.13. The third-order valence-corrected chi connectivity index (χ3v) is 5.33. The lowest BCUT2D eigenvalue weighted by Crippen LogP contribution is -2.48. The largest absolute Gasteiger partial charge is 0.497 e. The fourth-order valence-electron chi connectivity index (χ4n) is 2.86. The molecular formula is C18H18N2O2S. The van der Waals surface area contributed by atoms with E-state index in [1.54, 1.807) is 18.9 Å². The number of benzene rings is 2. The normalized spacial score (nSPS) is 20.2. The minimum Gasteiger partial charge on any atom is -0.497 e. The number of ether oxygens (including phenoxy) is 1. The van der Waals surface area contributed by atoms with Crippen molar-refractivity contribution in [2.75, 3.05) is 18.6 Å². The molecule has 4 nitrogen and oxygen atoms in total. The first-order valence-electron chi connectivity index (χ1n) is 7.51. The molecule has 1 aliphatic rings. The van der Waals surface area contributed by atoms with E-state index in [1.165, 1.54) is 0 Å². The van der Waals surface area contributed by atoms with Gasteiger partial charge in [0.25, 0.3) is 0 Å². The second-order valence-corrected chi connectivity index (χ2v) is 6.83. The molecule has 1 saturated heterocycles. The molecule has 1 fully saturated rings. The monoisotopic (exact) mass is 326 g/mol. The van der Waals surface area contributed by atoms with E-state index in [0.29, 0.717) is 12.2 Å². The molecule has 0 radical (unpaired) electrons. The van der Waals surface area contributed by atoms with E-state index in [9.17, 15) is 10.1 Å². The van der Waals surface area contributed by atoms with Crippen LogP contribution in [0.1, 0.15) is 12.0 Å². The molecule has 0 unspecified atom stereocenters. The number of rotatable bonds is 4. The maximum Gasteiger partial charge on any atom is 0.225 e. The van der Waals surface area contributed by atoms with Gasteiger partial charge in [0.2, 0.25) is 5.91 Å². The van der Waals surface area contributed by atoms with Crippen LogP contribution in [0.4, 0.5) is 0 Å². The van der Waals surface area contributed by atoms with Gasteiger partial charge in [-0.05, 0) is 40.6 Å². The Balaban J connectivity index is 1.83. The molecule has 0 saturated carbocycles. The van der Waals surface area contributed by atoms with Gasteiger partial charge in [0.05, 0.1) is 19.6 Å². The SMILES string of the molecule is COc1ccc2cccc(CC(=O)N[C@@]3(C#N)CCSC3)c2c1. The second kappa shape index (κ2) is 6.51. The van der Waals surface area contributed by atoms with Crippen molar-refractivity contribution in [2.45, 2.75) is 18.4 Å². The Morgan fingerprint density at radius 1 is 1.43 bits per heavy atom. The lowest BCUT2D eigenvalue weighted by molar-refractivity contribution is -0.121. The summed E-state index contributed by atoms with van der Waals surface area (Å²) in [4.78, 5) is 12.4. The topological polar surface area (TPSA) is 62.1 Å². The van der Waals surface area contributed by atoms with E-state index in [0.717, 1.165) is 27.8 Å². The number of carbonyl (C=O) groups excluding carboxylic acids is 1. The Hall–Kier alpha value is -2.19. The summed E-state index contributed by atoms with van der Waals surface area (Å²) in [6, 6.07) is 14.0. The van der Waals surface area contributed by atoms with Crippen molar-refractivity contribution in [3.8, 4) is 11.8 Å². The summed E-state index contributed by atoms with van der Waals surface area (Å²) in [6.45, 7) is 0. The number of hydrogen-bond donors (Lipinski definition) is 1. The molecule has 0 bridgehead atoms. The van der Waals surface area contributed by atoms with Gasteiger partial charge in [-0.15, -0.1) is 0 Å². The Morgan fingerprint density at radius 3 is 3.00 bits per heavy atom. The summed E-state index contributed by atoms with van der Waals surface area (Å²) < 4.78 is 5.28. The minimum atomic E-state index is -0.704. The van der Waals surface area contributed by atoms with Crippen molar-refractivity contribution in [2.24, 2.45) is 0 Å². The molecule has 0 aliphatic carbocycles. The number of thioether (sulfide) groups is 1. The van der Waals surface area contributed by atoms with Crippen molar-refractivity contribution in [3.05, 3.63) is 42.0 Å². The minimum absolute atomic E-state index is 0.107. The van der Waals surface area contributed by atoms with Crippen LogP contribution < -0.4 is 10.1 Å². The predicted molar refractivity (Wildman–Crippen MR) is 92.6 cm³/mol. The molecule has 23 heavy (non-hydrogen) atoms. The Bertz CT molecular complexity index is 776. The van der Waals surface area contributed by atoms with Crippen molar-refractivity contribution in [1.29, 1.82) is 5.26 Å². The molecule has 0 aromatic heterocycles. The standard InChI is InChI=1S/C18H18N2O2S/c1-22-15-6-5-13-3-2-4-14(16(13)10-15)9-17(21)20-18(11-19)7-8-23-12-18/h2-6,10H,7-9,12H2,1H3,(H,20,21)/t18-/m1/s1. The predicted octanol–water partition coefficient (Wildman–Crippen LogP) is 2.91. The summed E-state index contributed by atoms with van der Waals surface area (Å²) in [6.07, 6.45) is 0.974.